The minimum absolute atomic E-state index is 0.128. The first kappa shape index (κ1) is 14.0. The van der Waals surface area contributed by atoms with Crippen LogP contribution < -0.4 is 5.32 Å². The predicted molar refractivity (Wildman–Crippen MR) is 95.1 cm³/mol. The molecule has 0 radical (unpaired) electrons. The van der Waals surface area contributed by atoms with Crippen LogP contribution in [0.15, 0.2) is 60.0 Å². The van der Waals surface area contributed by atoms with Crippen LogP contribution in [0.5, 0.6) is 0 Å². The molecule has 1 N–H and O–H groups in total. The molecule has 0 bridgehead atoms. The molecule has 0 aliphatic rings. The number of thiophene rings is 1. The normalized spacial score (nSPS) is 10.8. The summed E-state index contributed by atoms with van der Waals surface area (Å²) in [6.45, 7) is 0. The predicted octanol–water partition coefficient (Wildman–Crippen LogP) is 4.67. The first-order valence-corrected chi connectivity index (χ1v) is 8.59. The van der Waals surface area contributed by atoms with Crippen molar-refractivity contribution in [3.63, 3.8) is 0 Å². The van der Waals surface area contributed by atoms with Gasteiger partial charge in [-0.15, -0.1) is 11.3 Å². The lowest BCUT2D eigenvalue weighted by Gasteiger charge is -2.09. The topological polar surface area (TPSA) is 54.9 Å². The molecule has 112 valence electrons. The van der Waals surface area contributed by atoms with Crippen molar-refractivity contribution in [2.24, 2.45) is 0 Å². The molecule has 6 heteroatoms. The number of rotatable bonds is 3. The fourth-order valence-electron chi connectivity index (χ4n) is 2.39. The third-order valence-corrected chi connectivity index (χ3v) is 4.93. The van der Waals surface area contributed by atoms with E-state index in [1.165, 1.54) is 11.7 Å². The number of carbonyl (C=O) groups is 1. The second-order valence-electron chi connectivity index (χ2n) is 4.94. The van der Waals surface area contributed by atoms with Crippen LogP contribution in [0, 0.1) is 0 Å². The van der Waals surface area contributed by atoms with Crippen molar-refractivity contribution < 1.29 is 4.79 Å². The molecule has 0 aliphatic carbocycles. The van der Waals surface area contributed by atoms with Crippen molar-refractivity contribution in [1.29, 1.82) is 0 Å². The number of nitrogens with one attached hydrogen (secondary N) is 1. The summed E-state index contributed by atoms with van der Waals surface area (Å²) < 4.78 is 8.36. The van der Waals surface area contributed by atoms with Gasteiger partial charge in [0.2, 0.25) is 0 Å². The highest BCUT2D eigenvalue weighted by Gasteiger charge is 2.13. The number of nitrogens with zero attached hydrogens (tertiary/aromatic N) is 2. The average molecular weight is 337 g/mol. The Bertz CT molecular complexity index is 976. The third-order valence-electron chi connectivity index (χ3n) is 3.47. The van der Waals surface area contributed by atoms with Gasteiger partial charge < -0.3 is 5.32 Å². The van der Waals surface area contributed by atoms with Crippen LogP contribution >= 0.6 is 23.1 Å². The Morgan fingerprint density at radius 3 is 2.70 bits per heavy atom. The summed E-state index contributed by atoms with van der Waals surface area (Å²) in [6, 6.07) is 17.2. The third kappa shape index (κ3) is 2.74. The van der Waals surface area contributed by atoms with Gasteiger partial charge in [-0.3, -0.25) is 4.79 Å². The van der Waals surface area contributed by atoms with Gasteiger partial charge in [-0.2, -0.15) is 8.75 Å². The summed E-state index contributed by atoms with van der Waals surface area (Å²) in [7, 11) is 0. The maximum Gasteiger partial charge on any atom is 0.256 e. The second kappa shape index (κ2) is 5.91. The Labute approximate surface area is 140 Å². The van der Waals surface area contributed by atoms with Crippen molar-refractivity contribution >= 4 is 45.7 Å². The summed E-state index contributed by atoms with van der Waals surface area (Å²) in [5.41, 5.74) is 3.95. The lowest BCUT2D eigenvalue weighted by atomic mass is 10.1. The largest absolute Gasteiger partial charge is 0.322 e. The average Bonchev–Trinajstić information content (AvgIpc) is 3.26. The first-order chi connectivity index (χ1) is 11.3. The van der Waals surface area contributed by atoms with E-state index < -0.39 is 0 Å². The number of benzene rings is 2. The highest BCUT2D eigenvalue weighted by Crippen LogP contribution is 2.28. The Morgan fingerprint density at radius 1 is 0.957 bits per heavy atom. The monoisotopic (exact) mass is 337 g/mol. The van der Waals surface area contributed by atoms with Gasteiger partial charge in [0.1, 0.15) is 11.0 Å². The van der Waals surface area contributed by atoms with Gasteiger partial charge in [0.25, 0.3) is 5.91 Å². The minimum Gasteiger partial charge on any atom is -0.322 e. The first-order valence-electron chi connectivity index (χ1n) is 6.98. The molecule has 0 saturated heterocycles. The Balaban J connectivity index is 1.67. The van der Waals surface area contributed by atoms with Crippen LogP contribution in [-0.4, -0.2) is 14.7 Å². The van der Waals surface area contributed by atoms with Crippen molar-refractivity contribution in [2.75, 3.05) is 5.32 Å². The molecule has 0 fully saturated rings. The fraction of sp³-hybridized carbons (Fsp3) is 0. The van der Waals surface area contributed by atoms with Crippen LogP contribution in [0.2, 0.25) is 0 Å². The Hall–Kier alpha value is -2.57. The molecule has 0 unspecified atom stereocenters. The number of hydrogen-bond donors (Lipinski definition) is 1. The number of aromatic nitrogens is 2. The lowest BCUT2D eigenvalue weighted by molar-refractivity contribution is 0.102. The minimum atomic E-state index is -0.128. The van der Waals surface area contributed by atoms with Crippen LogP contribution in [0.4, 0.5) is 5.69 Å². The quantitative estimate of drug-likeness (QED) is 0.591. The number of fused-ring (bicyclic) bond motifs is 1. The molecule has 23 heavy (non-hydrogen) atoms. The zero-order valence-corrected chi connectivity index (χ0v) is 13.5. The van der Waals surface area contributed by atoms with E-state index in [4.69, 9.17) is 0 Å². The molecule has 4 nitrogen and oxygen atoms in total. The highest BCUT2D eigenvalue weighted by atomic mass is 32.1. The number of hydrogen-bond acceptors (Lipinski definition) is 5. The summed E-state index contributed by atoms with van der Waals surface area (Å²) in [5, 5.41) is 4.95. The van der Waals surface area contributed by atoms with Gasteiger partial charge in [-0.1, -0.05) is 24.3 Å². The summed E-state index contributed by atoms with van der Waals surface area (Å²) in [5.74, 6) is -0.128. The highest BCUT2D eigenvalue weighted by molar-refractivity contribution is 7.13. The molecule has 0 atom stereocenters. The molecule has 0 aliphatic heterocycles. The SMILES string of the molecule is O=C(Nc1ccc2nsnc2c1)c1ccccc1-c1cccs1. The number of amides is 1. The van der Waals surface area contributed by atoms with Crippen molar-refractivity contribution in [3.8, 4) is 10.4 Å². The summed E-state index contributed by atoms with van der Waals surface area (Å²) in [6.07, 6.45) is 0. The number of anilines is 1. The van der Waals surface area contributed by atoms with Gasteiger partial charge in [0, 0.05) is 21.7 Å². The van der Waals surface area contributed by atoms with E-state index in [1.54, 1.807) is 11.3 Å². The number of carbonyl (C=O) groups excluding carboxylic acids is 1. The Morgan fingerprint density at radius 2 is 1.83 bits per heavy atom. The lowest BCUT2D eigenvalue weighted by Crippen LogP contribution is -2.12. The smallest absolute Gasteiger partial charge is 0.256 e. The molecule has 1 amide bonds. The molecule has 4 rings (SSSR count). The van der Waals surface area contributed by atoms with Crippen LogP contribution in [0.1, 0.15) is 10.4 Å². The summed E-state index contributed by atoms with van der Waals surface area (Å²) in [4.78, 5) is 13.7. The van der Waals surface area contributed by atoms with Crippen molar-refractivity contribution in [3.05, 3.63) is 65.5 Å². The molecular weight excluding hydrogens is 326 g/mol. The van der Waals surface area contributed by atoms with E-state index in [0.29, 0.717) is 5.56 Å². The summed E-state index contributed by atoms with van der Waals surface area (Å²) >= 11 is 2.79. The molecule has 0 spiro atoms. The molecule has 2 heterocycles. The fourth-order valence-corrected chi connectivity index (χ4v) is 3.67. The van der Waals surface area contributed by atoms with Gasteiger partial charge in [0.15, 0.2) is 0 Å². The van der Waals surface area contributed by atoms with Crippen LogP contribution in [0.3, 0.4) is 0 Å². The van der Waals surface area contributed by atoms with Crippen molar-refractivity contribution in [1.82, 2.24) is 8.75 Å². The van der Waals surface area contributed by atoms with Gasteiger partial charge in [-0.25, -0.2) is 0 Å². The van der Waals surface area contributed by atoms with E-state index in [-0.39, 0.29) is 5.91 Å². The van der Waals surface area contributed by atoms with E-state index in [1.807, 2.05) is 60.0 Å². The van der Waals surface area contributed by atoms with Crippen LogP contribution in [-0.2, 0) is 0 Å². The zero-order valence-electron chi connectivity index (χ0n) is 11.9. The second-order valence-corrected chi connectivity index (χ2v) is 6.42. The van der Waals surface area contributed by atoms with Gasteiger partial charge in [-0.05, 0) is 35.7 Å². The standard InChI is InChI=1S/C17H11N3OS2/c21-17(18-11-7-8-14-15(10-11)20-23-19-14)13-5-2-1-4-12(13)16-6-3-9-22-16/h1-10H,(H,18,21). The van der Waals surface area contributed by atoms with Gasteiger partial charge in [0.05, 0.1) is 11.7 Å². The van der Waals surface area contributed by atoms with E-state index in [0.717, 1.165) is 27.2 Å². The van der Waals surface area contributed by atoms with Gasteiger partial charge >= 0.3 is 0 Å². The molecule has 0 saturated carbocycles. The Kier molecular flexibility index (Phi) is 3.61. The maximum atomic E-state index is 12.7. The van der Waals surface area contributed by atoms with E-state index in [2.05, 4.69) is 14.1 Å². The molecule has 2 aromatic heterocycles. The molecule has 2 aromatic carbocycles. The van der Waals surface area contributed by atoms with Crippen molar-refractivity contribution in [2.45, 2.75) is 0 Å². The van der Waals surface area contributed by atoms with E-state index >= 15 is 0 Å². The maximum absolute atomic E-state index is 12.7. The van der Waals surface area contributed by atoms with Crippen LogP contribution in [0.25, 0.3) is 21.5 Å². The zero-order chi connectivity index (χ0) is 15.6. The molecular formula is C17H11N3OS2. The molecule has 4 aromatic rings. The van der Waals surface area contributed by atoms with E-state index in [9.17, 15) is 4.79 Å².